The van der Waals surface area contributed by atoms with Crippen molar-refractivity contribution in [1.29, 1.82) is 0 Å². The second-order valence-electron chi connectivity index (χ2n) is 6.33. The van der Waals surface area contributed by atoms with E-state index in [-0.39, 0.29) is 11.8 Å². The third kappa shape index (κ3) is 6.18. The van der Waals surface area contributed by atoms with Crippen LogP contribution >= 0.6 is 11.3 Å². The van der Waals surface area contributed by atoms with Crippen LogP contribution in [0.25, 0.3) is 0 Å². The molecule has 2 aromatic carbocycles. The highest BCUT2D eigenvalue weighted by Gasteiger charge is 2.13. The number of hydrogen-bond donors (Lipinski definition) is 1. The van der Waals surface area contributed by atoms with Crippen LogP contribution in [0.4, 0.5) is 5.13 Å². The molecule has 3 rings (SSSR count). The van der Waals surface area contributed by atoms with Gasteiger partial charge in [0.2, 0.25) is 11.0 Å². The zero-order chi connectivity index (χ0) is 18.9. The van der Waals surface area contributed by atoms with Gasteiger partial charge in [-0.2, -0.15) is 0 Å². The molecule has 1 N–H and O–H groups in total. The number of amides is 1. The molecule has 0 spiro atoms. The summed E-state index contributed by atoms with van der Waals surface area (Å²) < 4.78 is 5.67. The molecule has 1 atom stereocenters. The molecule has 0 aliphatic carbocycles. The van der Waals surface area contributed by atoms with Gasteiger partial charge in [-0.3, -0.25) is 4.79 Å². The molecule has 5 nitrogen and oxygen atoms in total. The van der Waals surface area contributed by atoms with Gasteiger partial charge in [-0.1, -0.05) is 66.8 Å². The molecule has 1 heterocycles. The third-order valence-corrected chi connectivity index (χ3v) is 5.02. The van der Waals surface area contributed by atoms with E-state index >= 15 is 0 Å². The van der Waals surface area contributed by atoms with E-state index in [4.69, 9.17) is 4.74 Å². The summed E-state index contributed by atoms with van der Waals surface area (Å²) in [6.45, 7) is 2.67. The molecule has 0 bridgehead atoms. The van der Waals surface area contributed by atoms with Gasteiger partial charge in [-0.15, -0.1) is 10.2 Å². The fourth-order valence-electron chi connectivity index (χ4n) is 2.68. The molecule has 140 valence electrons. The number of hydrogen-bond acceptors (Lipinski definition) is 5. The summed E-state index contributed by atoms with van der Waals surface area (Å²) in [5, 5.41) is 12.5. The number of aryl methyl sites for hydroxylation is 1. The molecule has 0 saturated carbocycles. The number of carbonyl (C=O) groups is 1. The number of anilines is 1. The summed E-state index contributed by atoms with van der Waals surface area (Å²) >= 11 is 1.42. The summed E-state index contributed by atoms with van der Waals surface area (Å²) in [7, 11) is 0. The maximum absolute atomic E-state index is 12.2. The van der Waals surface area contributed by atoms with Crippen molar-refractivity contribution in [2.75, 3.05) is 11.9 Å². The molecular weight excluding hydrogens is 358 g/mol. The number of para-hydroxylation sites is 1. The molecule has 0 aliphatic heterocycles. The largest absolute Gasteiger partial charge is 0.494 e. The molecule has 1 unspecified atom stereocenters. The highest BCUT2D eigenvalue weighted by molar-refractivity contribution is 7.15. The van der Waals surface area contributed by atoms with Crippen molar-refractivity contribution in [3.05, 3.63) is 71.2 Å². The monoisotopic (exact) mass is 381 g/mol. The van der Waals surface area contributed by atoms with Gasteiger partial charge < -0.3 is 10.1 Å². The summed E-state index contributed by atoms with van der Waals surface area (Å²) in [4.78, 5) is 12.2. The zero-order valence-corrected chi connectivity index (χ0v) is 16.1. The fraction of sp³-hybridized carbons (Fsp3) is 0.286. The predicted molar refractivity (Wildman–Crippen MR) is 108 cm³/mol. The van der Waals surface area contributed by atoms with Gasteiger partial charge >= 0.3 is 0 Å². The summed E-state index contributed by atoms with van der Waals surface area (Å²) in [5.41, 5.74) is 1.16. The van der Waals surface area contributed by atoms with Crippen LogP contribution in [-0.2, 0) is 11.2 Å². The topological polar surface area (TPSA) is 64.1 Å². The number of nitrogens with one attached hydrogen (secondary N) is 1. The lowest BCUT2D eigenvalue weighted by Gasteiger charge is -2.10. The molecular formula is C21H23N3O2S. The van der Waals surface area contributed by atoms with E-state index in [1.165, 1.54) is 11.3 Å². The van der Waals surface area contributed by atoms with Gasteiger partial charge in [0.05, 0.1) is 6.61 Å². The van der Waals surface area contributed by atoms with Crippen molar-refractivity contribution in [1.82, 2.24) is 10.2 Å². The van der Waals surface area contributed by atoms with Crippen molar-refractivity contribution in [2.24, 2.45) is 0 Å². The second-order valence-corrected chi connectivity index (χ2v) is 7.39. The first-order valence-electron chi connectivity index (χ1n) is 9.06. The van der Waals surface area contributed by atoms with Crippen molar-refractivity contribution >= 4 is 22.4 Å². The Morgan fingerprint density at radius 2 is 1.78 bits per heavy atom. The van der Waals surface area contributed by atoms with Crippen molar-refractivity contribution in [3.63, 3.8) is 0 Å². The molecule has 6 heteroatoms. The quantitative estimate of drug-likeness (QED) is 0.547. The lowest BCUT2D eigenvalue weighted by Crippen LogP contribution is -2.14. The van der Waals surface area contributed by atoms with E-state index in [2.05, 4.69) is 15.5 Å². The van der Waals surface area contributed by atoms with Gasteiger partial charge in [-0.25, -0.2) is 0 Å². The number of benzene rings is 2. The Bertz CT molecular complexity index is 837. The molecule has 27 heavy (non-hydrogen) atoms. The van der Waals surface area contributed by atoms with E-state index in [1.807, 2.05) is 67.6 Å². The standard InChI is InChI=1S/C21H23N3O2S/c1-16(17-9-4-2-5-10-17)15-19(25)22-21-24-23-20(27-21)13-8-14-26-18-11-6-3-7-12-18/h2-7,9-12,16H,8,13-15H2,1H3,(H,22,24,25). The van der Waals surface area contributed by atoms with Gasteiger partial charge in [0.25, 0.3) is 0 Å². The van der Waals surface area contributed by atoms with Gasteiger partial charge in [0, 0.05) is 12.8 Å². The minimum atomic E-state index is -0.0403. The van der Waals surface area contributed by atoms with E-state index in [0.717, 1.165) is 29.2 Å². The minimum absolute atomic E-state index is 0.0403. The maximum Gasteiger partial charge on any atom is 0.226 e. The molecule has 0 aliphatic rings. The van der Waals surface area contributed by atoms with Crippen molar-refractivity contribution < 1.29 is 9.53 Å². The lowest BCUT2D eigenvalue weighted by molar-refractivity contribution is -0.116. The van der Waals surface area contributed by atoms with Crippen molar-refractivity contribution in [3.8, 4) is 5.75 Å². The van der Waals surface area contributed by atoms with Crippen LogP contribution in [0.15, 0.2) is 60.7 Å². The van der Waals surface area contributed by atoms with E-state index in [1.54, 1.807) is 0 Å². The third-order valence-electron chi connectivity index (χ3n) is 4.12. The van der Waals surface area contributed by atoms with E-state index in [0.29, 0.717) is 18.2 Å². The molecule has 3 aromatic rings. The fourth-order valence-corrected chi connectivity index (χ4v) is 3.48. The number of aromatic nitrogens is 2. The van der Waals surface area contributed by atoms with Crippen LogP contribution in [0.5, 0.6) is 5.75 Å². The Morgan fingerprint density at radius 1 is 1.07 bits per heavy atom. The lowest BCUT2D eigenvalue weighted by atomic mass is 9.98. The molecule has 1 amide bonds. The first-order valence-corrected chi connectivity index (χ1v) is 9.87. The average molecular weight is 382 g/mol. The highest BCUT2D eigenvalue weighted by Crippen LogP contribution is 2.21. The van der Waals surface area contributed by atoms with E-state index < -0.39 is 0 Å². The normalized spacial score (nSPS) is 11.7. The average Bonchev–Trinajstić information content (AvgIpc) is 3.14. The number of nitrogens with zero attached hydrogens (tertiary/aromatic N) is 2. The first-order chi connectivity index (χ1) is 13.2. The maximum atomic E-state index is 12.2. The van der Waals surface area contributed by atoms with Crippen LogP contribution in [0.3, 0.4) is 0 Å². The van der Waals surface area contributed by atoms with Crippen LogP contribution in [0.1, 0.15) is 36.3 Å². The Labute approximate surface area is 163 Å². The Morgan fingerprint density at radius 3 is 2.52 bits per heavy atom. The predicted octanol–water partition coefficient (Wildman–Crippen LogP) is 4.68. The summed E-state index contributed by atoms with van der Waals surface area (Å²) in [5.74, 6) is 0.991. The Kier molecular flexibility index (Phi) is 6.93. The van der Waals surface area contributed by atoms with Crippen LogP contribution in [-0.4, -0.2) is 22.7 Å². The van der Waals surface area contributed by atoms with Gasteiger partial charge in [0.1, 0.15) is 10.8 Å². The van der Waals surface area contributed by atoms with E-state index in [9.17, 15) is 4.79 Å². The summed E-state index contributed by atoms with van der Waals surface area (Å²) in [6.07, 6.45) is 2.05. The number of rotatable bonds is 9. The minimum Gasteiger partial charge on any atom is -0.494 e. The number of carbonyl (C=O) groups excluding carboxylic acids is 1. The molecule has 0 fully saturated rings. The first kappa shape index (κ1) is 19.0. The van der Waals surface area contributed by atoms with Crippen LogP contribution < -0.4 is 10.1 Å². The summed E-state index contributed by atoms with van der Waals surface area (Å²) in [6, 6.07) is 19.8. The van der Waals surface area contributed by atoms with Crippen LogP contribution in [0, 0.1) is 0 Å². The second kappa shape index (κ2) is 9.83. The smallest absolute Gasteiger partial charge is 0.226 e. The van der Waals surface area contributed by atoms with Gasteiger partial charge in [-0.05, 0) is 30.0 Å². The Hall–Kier alpha value is -2.73. The SMILES string of the molecule is CC(CC(=O)Nc1nnc(CCCOc2ccccc2)s1)c1ccccc1. The Balaban J connectivity index is 1.40. The van der Waals surface area contributed by atoms with Crippen molar-refractivity contribution in [2.45, 2.75) is 32.1 Å². The van der Waals surface area contributed by atoms with Gasteiger partial charge in [0.15, 0.2) is 0 Å². The van der Waals surface area contributed by atoms with Crippen LogP contribution in [0.2, 0.25) is 0 Å². The zero-order valence-electron chi connectivity index (χ0n) is 15.3. The highest BCUT2D eigenvalue weighted by atomic mass is 32.1. The molecule has 1 aromatic heterocycles. The molecule has 0 saturated heterocycles. The number of ether oxygens (including phenoxy) is 1. The molecule has 0 radical (unpaired) electrons.